The molecule has 116 valence electrons. The molecule has 23 heavy (non-hydrogen) atoms. The van der Waals surface area contributed by atoms with E-state index in [1.54, 1.807) is 0 Å². The Morgan fingerprint density at radius 1 is 0.522 bits per heavy atom. The average molecular weight is 431 g/mol. The fourth-order valence-corrected chi connectivity index (χ4v) is 3.24. The van der Waals surface area contributed by atoms with Crippen molar-refractivity contribution in [3.8, 4) is 0 Å². The Bertz CT molecular complexity index is 689. The molecule has 0 bridgehead atoms. The smallest absolute Gasteiger partial charge is 0.0461 e. The number of hydrogen-bond acceptors (Lipinski definition) is 1. The first-order chi connectivity index (χ1) is 11.3. The fourth-order valence-electron chi connectivity index (χ4n) is 2.49. The second kappa shape index (κ2) is 7.80. The Morgan fingerprint density at radius 3 is 1.30 bits per heavy atom. The van der Waals surface area contributed by atoms with Crippen molar-refractivity contribution in [3.05, 3.63) is 90.0 Å². The van der Waals surface area contributed by atoms with Crippen molar-refractivity contribution < 1.29 is 0 Å². The molecule has 0 heterocycles. The molecule has 3 heteroatoms. The van der Waals surface area contributed by atoms with Crippen LogP contribution in [0.2, 0.25) is 0 Å². The highest BCUT2D eigenvalue weighted by Crippen LogP contribution is 2.34. The summed E-state index contributed by atoms with van der Waals surface area (Å²) in [5.74, 6) is 0. The van der Waals surface area contributed by atoms with Crippen LogP contribution in [-0.2, 0) is 10.7 Å². The standard InChI is InChI=1S/C20H17Br2N/c21-14-16-6-10-19(11-7-16)23(18-4-2-1-3-5-18)20-12-8-17(15-22)9-13-20/h1-13H,14-15H2. The molecular weight excluding hydrogens is 414 g/mol. The monoisotopic (exact) mass is 429 g/mol. The van der Waals surface area contributed by atoms with Crippen LogP contribution in [0.4, 0.5) is 17.1 Å². The van der Waals surface area contributed by atoms with Gasteiger partial charge >= 0.3 is 0 Å². The SMILES string of the molecule is BrCc1ccc(N(c2ccccc2)c2ccc(CBr)cc2)cc1. The van der Waals surface area contributed by atoms with Gasteiger partial charge in [0, 0.05) is 27.7 Å². The van der Waals surface area contributed by atoms with Crippen LogP contribution in [0.25, 0.3) is 0 Å². The summed E-state index contributed by atoms with van der Waals surface area (Å²) in [7, 11) is 0. The summed E-state index contributed by atoms with van der Waals surface area (Å²) in [4.78, 5) is 2.27. The molecule has 3 rings (SSSR count). The van der Waals surface area contributed by atoms with Gasteiger partial charge in [-0.05, 0) is 47.5 Å². The summed E-state index contributed by atoms with van der Waals surface area (Å²) in [6.45, 7) is 0. The van der Waals surface area contributed by atoms with Crippen LogP contribution in [0.5, 0.6) is 0 Å². The topological polar surface area (TPSA) is 3.24 Å². The first-order valence-electron chi connectivity index (χ1n) is 7.47. The van der Waals surface area contributed by atoms with Gasteiger partial charge in [0.25, 0.3) is 0 Å². The van der Waals surface area contributed by atoms with E-state index in [0.29, 0.717) is 0 Å². The quantitative estimate of drug-likeness (QED) is 0.396. The Hall–Kier alpha value is -1.58. The molecule has 0 aliphatic heterocycles. The van der Waals surface area contributed by atoms with Crippen molar-refractivity contribution in [2.45, 2.75) is 10.7 Å². The van der Waals surface area contributed by atoms with Gasteiger partial charge in [-0.25, -0.2) is 0 Å². The molecule has 0 aliphatic carbocycles. The molecule has 3 aromatic rings. The van der Waals surface area contributed by atoms with Gasteiger partial charge in [0.15, 0.2) is 0 Å². The maximum Gasteiger partial charge on any atom is 0.0461 e. The zero-order valence-electron chi connectivity index (χ0n) is 12.6. The van der Waals surface area contributed by atoms with E-state index in [2.05, 4.69) is 110 Å². The number of para-hydroxylation sites is 1. The van der Waals surface area contributed by atoms with Crippen molar-refractivity contribution in [2.75, 3.05) is 4.90 Å². The Balaban J connectivity index is 2.05. The van der Waals surface area contributed by atoms with Crippen molar-refractivity contribution in [3.63, 3.8) is 0 Å². The normalized spacial score (nSPS) is 10.5. The number of anilines is 3. The zero-order valence-corrected chi connectivity index (χ0v) is 15.8. The van der Waals surface area contributed by atoms with Crippen LogP contribution in [-0.4, -0.2) is 0 Å². The number of benzene rings is 3. The van der Waals surface area contributed by atoms with E-state index in [-0.39, 0.29) is 0 Å². The van der Waals surface area contributed by atoms with Gasteiger partial charge in [-0.15, -0.1) is 0 Å². The Kier molecular flexibility index (Phi) is 5.52. The van der Waals surface area contributed by atoms with E-state index in [0.717, 1.165) is 27.7 Å². The van der Waals surface area contributed by atoms with E-state index >= 15 is 0 Å². The molecule has 0 unspecified atom stereocenters. The number of rotatable bonds is 5. The summed E-state index contributed by atoms with van der Waals surface area (Å²) in [6.07, 6.45) is 0. The molecule has 0 saturated heterocycles. The summed E-state index contributed by atoms with van der Waals surface area (Å²) in [5, 5.41) is 1.75. The lowest BCUT2D eigenvalue weighted by atomic mass is 10.1. The molecular formula is C20H17Br2N. The largest absolute Gasteiger partial charge is 0.311 e. The van der Waals surface area contributed by atoms with E-state index in [4.69, 9.17) is 0 Å². The summed E-state index contributed by atoms with van der Waals surface area (Å²) < 4.78 is 0. The second-order valence-electron chi connectivity index (χ2n) is 5.27. The second-order valence-corrected chi connectivity index (χ2v) is 6.39. The molecule has 0 atom stereocenters. The Morgan fingerprint density at radius 2 is 0.913 bits per heavy atom. The van der Waals surface area contributed by atoms with Gasteiger partial charge in [-0.2, -0.15) is 0 Å². The maximum atomic E-state index is 3.51. The molecule has 0 N–H and O–H groups in total. The van der Waals surface area contributed by atoms with Gasteiger partial charge < -0.3 is 4.90 Å². The van der Waals surface area contributed by atoms with Crippen LogP contribution in [0.15, 0.2) is 78.9 Å². The highest BCUT2D eigenvalue weighted by atomic mass is 79.9. The van der Waals surface area contributed by atoms with Crippen LogP contribution < -0.4 is 4.90 Å². The van der Waals surface area contributed by atoms with E-state index in [9.17, 15) is 0 Å². The average Bonchev–Trinajstić information content (AvgIpc) is 2.64. The van der Waals surface area contributed by atoms with Crippen LogP contribution in [0.3, 0.4) is 0 Å². The maximum absolute atomic E-state index is 3.51. The van der Waals surface area contributed by atoms with Gasteiger partial charge in [-0.3, -0.25) is 0 Å². The first-order valence-corrected chi connectivity index (χ1v) is 9.71. The van der Waals surface area contributed by atoms with Crippen LogP contribution in [0.1, 0.15) is 11.1 Å². The lowest BCUT2D eigenvalue weighted by molar-refractivity contribution is 1.26. The predicted octanol–water partition coefficient (Wildman–Crippen LogP) is 6.95. The highest BCUT2D eigenvalue weighted by molar-refractivity contribution is 9.08. The van der Waals surface area contributed by atoms with Gasteiger partial charge in [-0.1, -0.05) is 74.3 Å². The van der Waals surface area contributed by atoms with E-state index < -0.39 is 0 Å². The van der Waals surface area contributed by atoms with Crippen molar-refractivity contribution in [2.24, 2.45) is 0 Å². The third-order valence-corrected chi connectivity index (χ3v) is 5.01. The minimum atomic E-state index is 0.874. The lowest BCUT2D eigenvalue weighted by Gasteiger charge is -2.25. The lowest BCUT2D eigenvalue weighted by Crippen LogP contribution is -2.09. The number of halogens is 2. The minimum absolute atomic E-state index is 0.874. The molecule has 0 amide bonds. The molecule has 3 aromatic carbocycles. The van der Waals surface area contributed by atoms with Crippen molar-refractivity contribution >= 4 is 48.9 Å². The molecule has 0 radical (unpaired) electrons. The minimum Gasteiger partial charge on any atom is -0.311 e. The third kappa shape index (κ3) is 3.85. The number of hydrogen-bond donors (Lipinski definition) is 0. The molecule has 0 spiro atoms. The molecule has 0 aliphatic rings. The molecule has 1 nitrogen and oxygen atoms in total. The molecule has 0 saturated carbocycles. The van der Waals surface area contributed by atoms with E-state index in [1.807, 2.05) is 6.07 Å². The third-order valence-electron chi connectivity index (χ3n) is 3.71. The molecule has 0 fully saturated rings. The zero-order chi connectivity index (χ0) is 16.1. The van der Waals surface area contributed by atoms with Crippen molar-refractivity contribution in [1.82, 2.24) is 0 Å². The fraction of sp³-hybridized carbons (Fsp3) is 0.100. The van der Waals surface area contributed by atoms with Gasteiger partial charge in [0.2, 0.25) is 0 Å². The van der Waals surface area contributed by atoms with Crippen LogP contribution >= 0.6 is 31.9 Å². The number of nitrogens with zero attached hydrogens (tertiary/aromatic N) is 1. The predicted molar refractivity (Wildman–Crippen MR) is 106 cm³/mol. The number of alkyl halides is 2. The first kappa shape index (κ1) is 16.3. The highest BCUT2D eigenvalue weighted by Gasteiger charge is 2.11. The van der Waals surface area contributed by atoms with Gasteiger partial charge in [0.05, 0.1) is 0 Å². The summed E-state index contributed by atoms with van der Waals surface area (Å²) in [6, 6.07) is 27.8. The summed E-state index contributed by atoms with van der Waals surface area (Å²) >= 11 is 7.01. The van der Waals surface area contributed by atoms with E-state index in [1.165, 1.54) is 11.1 Å². The summed E-state index contributed by atoms with van der Waals surface area (Å²) in [5.41, 5.74) is 6.03. The molecule has 0 aromatic heterocycles. The van der Waals surface area contributed by atoms with Crippen molar-refractivity contribution in [1.29, 1.82) is 0 Å². The van der Waals surface area contributed by atoms with Crippen LogP contribution in [0, 0.1) is 0 Å². The van der Waals surface area contributed by atoms with Gasteiger partial charge in [0.1, 0.15) is 0 Å². The Labute approximate surface area is 154 Å².